The van der Waals surface area contributed by atoms with Gasteiger partial charge in [0.2, 0.25) is 10.0 Å². The van der Waals surface area contributed by atoms with Gasteiger partial charge in [0.15, 0.2) is 0 Å². The van der Waals surface area contributed by atoms with E-state index in [4.69, 9.17) is 0 Å². The lowest BCUT2D eigenvalue weighted by Crippen LogP contribution is -2.36. The molecule has 1 atom stereocenters. The van der Waals surface area contributed by atoms with Crippen molar-refractivity contribution < 1.29 is 8.42 Å². The van der Waals surface area contributed by atoms with Crippen LogP contribution >= 0.6 is 15.9 Å². The molecule has 20 heavy (non-hydrogen) atoms. The fourth-order valence-electron chi connectivity index (χ4n) is 2.49. The van der Waals surface area contributed by atoms with Crippen molar-refractivity contribution in [3.63, 3.8) is 0 Å². The summed E-state index contributed by atoms with van der Waals surface area (Å²) in [7, 11) is -3.28. The number of anilines is 1. The minimum absolute atomic E-state index is 0.163. The average molecular weight is 361 g/mol. The van der Waals surface area contributed by atoms with E-state index in [2.05, 4.69) is 26.0 Å². The molecule has 1 aromatic rings. The summed E-state index contributed by atoms with van der Waals surface area (Å²) in [5.41, 5.74) is 1.64. The van der Waals surface area contributed by atoms with Crippen LogP contribution in [0.15, 0.2) is 22.7 Å². The Morgan fingerprint density at radius 1 is 1.35 bits per heavy atom. The zero-order valence-corrected chi connectivity index (χ0v) is 14.1. The van der Waals surface area contributed by atoms with Crippen LogP contribution in [0.2, 0.25) is 0 Å². The lowest BCUT2D eigenvalue weighted by molar-refractivity contribution is 0.393. The number of halogens is 1. The molecule has 2 N–H and O–H groups in total. The highest BCUT2D eigenvalue weighted by atomic mass is 79.9. The number of piperidine rings is 1. The first-order valence-electron chi connectivity index (χ1n) is 6.96. The fourth-order valence-corrected chi connectivity index (χ4v) is 4.28. The highest BCUT2D eigenvalue weighted by Gasteiger charge is 2.17. The summed E-state index contributed by atoms with van der Waals surface area (Å²) >= 11 is 3.38. The molecule has 0 spiro atoms. The van der Waals surface area contributed by atoms with Crippen LogP contribution in [0, 0.1) is 6.92 Å². The molecule has 1 heterocycles. The van der Waals surface area contributed by atoms with E-state index < -0.39 is 10.0 Å². The summed E-state index contributed by atoms with van der Waals surface area (Å²) < 4.78 is 27.8. The lowest BCUT2D eigenvalue weighted by Gasteiger charge is -2.23. The molecule has 0 saturated carbocycles. The van der Waals surface area contributed by atoms with E-state index in [1.807, 2.05) is 19.1 Å². The minimum atomic E-state index is -3.28. The second-order valence-corrected chi connectivity index (χ2v) is 8.13. The normalized spacial score (nSPS) is 19.8. The highest BCUT2D eigenvalue weighted by Crippen LogP contribution is 2.20. The van der Waals surface area contributed by atoms with Crippen LogP contribution in [0.25, 0.3) is 0 Å². The topological polar surface area (TPSA) is 58.2 Å². The number of rotatable bonds is 5. The quantitative estimate of drug-likeness (QED) is 0.848. The van der Waals surface area contributed by atoms with Crippen molar-refractivity contribution >= 4 is 31.6 Å². The monoisotopic (exact) mass is 360 g/mol. The van der Waals surface area contributed by atoms with Gasteiger partial charge in [-0.05, 0) is 56.5 Å². The molecule has 0 aliphatic carbocycles. The van der Waals surface area contributed by atoms with Gasteiger partial charge in [-0.25, -0.2) is 8.42 Å². The summed E-state index contributed by atoms with van der Waals surface area (Å²) in [5, 5.41) is 3.37. The van der Waals surface area contributed by atoms with Crippen LogP contribution in [0.4, 0.5) is 5.69 Å². The van der Waals surface area contributed by atoms with Crippen molar-refractivity contribution in [2.45, 2.75) is 38.6 Å². The van der Waals surface area contributed by atoms with Crippen LogP contribution in [-0.4, -0.2) is 26.8 Å². The number of benzene rings is 1. The first-order chi connectivity index (χ1) is 9.44. The molecule has 1 unspecified atom stereocenters. The predicted octanol–water partition coefficient (Wildman–Crippen LogP) is 3.03. The van der Waals surface area contributed by atoms with Gasteiger partial charge in [-0.2, -0.15) is 0 Å². The third kappa shape index (κ3) is 5.07. The molecule has 112 valence electrons. The number of hydrogen-bond donors (Lipinski definition) is 2. The SMILES string of the molecule is Cc1cc(Br)cc(NS(=O)(=O)CCC2CCCCN2)c1. The lowest BCUT2D eigenvalue weighted by atomic mass is 10.0. The predicted molar refractivity (Wildman–Crippen MR) is 86.5 cm³/mol. The third-order valence-electron chi connectivity index (χ3n) is 3.46. The number of sulfonamides is 1. The number of hydrogen-bond acceptors (Lipinski definition) is 3. The molecule has 6 heteroatoms. The van der Waals surface area contributed by atoms with E-state index in [1.165, 1.54) is 12.8 Å². The molecule has 4 nitrogen and oxygen atoms in total. The van der Waals surface area contributed by atoms with Crippen molar-refractivity contribution in [3.8, 4) is 0 Å². The van der Waals surface area contributed by atoms with Gasteiger partial charge in [0.05, 0.1) is 5.75 Å². The van der Waals surface area contributed by atoms with E-state index in [9.17, 15) is 8.42 Å². The molecule has 0 radical (unpaired) electrons. The molecule has 1 aromatic carbocycles. The minimum Gasteiger partial charge on any atom is -0.314 e. The van der Waals surface area contributed by atoms with Crippen LogP contribution < -0.4 is 10.0 Å². The molecule has 2 rings (SSSR count). The smallest absolute Gasteiger partial charge is 0.232 e. The number of nitrogens with one attached hydrogen (secondary N) is 2. The van der Waals surface area contributed by atoms with E-state index in [1.54, 1.807) is 6.07 Å². The van der Waals surface area contributed by atoms with Gasteiger partial charge in [-0.1, -0.05) is 22.4 Å². The summed E-state index contributed by atoms with van der Waals surface area (Å²) in [6.45, 7) is 2.94. The molecular formula is C14H21BrN2O2S. The molecule has 0 aromatic heterocycles. The molecule has 0 amide bonds. The Balaban J connectivity index is 1.92. The van der Waals surface area contributed by atoms with E-state index in [-0.39, 0.29) is 5.75 Å². The van der Waals surface area contributed by atoms with E-state index in [0.29, 0.717) is 18.2 Å². The van der Waals surface area contributed by atoms with Gasteiger partial charge in [-0.3, -0.25) is 4.72 Å². The Labute approximate surface area is 129 Å². The Morgan fingerprint density at radius 3 is 2.80 bits per heavy atom. The van der Waals surface area contributed by atoms with Crippen LogP contribution in [0.5, 0.6) is 0 Å². The maximum absolute atomic E-state index is 12.1. The van der Waals surface area contributed by atoms with Crippen LogP contribution in [-0.2, 0) is 10.0 Å². The Bertz CT molecular complexity index is 534. The largest absolute Gasteiger partial charge is 0.314 e. The highest BCUT2D eigenvalue weighted by molar-refractivity contribution is 9.10. The first-order valence-corrected chi connectivity index (χ1v) is 9.40. The van der Waals surface area contributed by atoms with Crippen molar-refractivity contribution in [1.29, 1.82) is 0 Å². The van der Waals surface area contributed by atoms with Crippen LogP contribution in [0.3, 0.4) is 0 Å². The van der Waals surface area contributed by atoms with Gasteiger partial charge in [0, 0.05) is 16.2 Å². The second-order valence-electron chi connectivity index (χ2n) is 5.37. The summed E-state index contributed by atoms with van der Waals surface area (Å²) in [6.07, 6.45) is 4.13. The van der Waals surface area contributed by atoms with Gasteiger partial charge in [0.25, 0.3) is 0 Å². The molecule has 0 bridgehead atoms. The van der Waals surface area contributed by atoms with Crippen molar-refractivity contribution in [2.75, 3.05) is 17.0 Å². The maximum atomic E-state index is 12.1. The van der Waals surface area contributed by atoms with Gasteiger partial charge >= 0.3 is 0 Å². The van der Waals surface area contributed by atoms with E-state index >= 15 is 0 Å². The zero-order chi connectivity index (χ0) is 14.6. The van der Waals surface area contributed by atoms with Gasteiger partial charge in [0.1, 0.15) is 0 Å². The van der Waals surface area contributed by atoms with Crippen LogP contribution in [0.1, 0.15) is 31.2 Å². The van der Waals surface area contributed by atoms with Crippen molar-refractivity contribution in [1.82, 2.24) is 5.32 Å². The Kier molecular flexibility index (Phi) is 5.46. The zero-order valence-electron chi connectivity index (χ0n) is 11.7. The molecule has 1 aliphatic rings. The second kappa shape index (κ2) is 6.91. The first kappa shape index (κ1) is 15.8. The standard InChI is InChI=1S/C14H21BrN2O2S/c1-11-8-12(15)10-14(9-11)17-20(18,19)7-5-13-4-2-3-6-16-13/h8-10,13,16-17H,2-7H2,1H3. The Hall–Kier alpha value is -0.590. The van der Waals surface area contributed by atoms with E-state index in [0.717, 1.165) is 23.0 Å². The molecule has 1 aliphatic heterocycles. The molecule has 1 fully saturated rings. The summed E-state index contributed by atoms with van der Waals surface area (Å²) in [5.74, 6) is 0.163. The van der Waals surface area contributed by atoms with Crippen molar-refractivity contribution in [3.05, 3.63) is 28.2 Å². The molecular weight excluding hydrogens is 340 g/mol. The average Bonchev–Trinajstić information content (AvgIpc) is 2.36. The van der Waals surface area contributed by atoms with Gasteiger partial charge < -0.3 is 5.32 Å². The Morgan fingerprint density at radius 2 is 2.15 bits per heavy atom. The fraction of sp³-hybridized carbons (Fsp3) is 0.571. The summed E-state index contributed by atoms with van der Waals surface area (Å²) in [4.78, 5) is 0. The third-order valence-corrected chi connectivity index (χ3v) is 5.24. The van der Waals surface area contributed by atoms with Crippen molar-refractivity contribution in [2.24, 2.45) is 0 Å². The maximum Gasteiger partial charge on any atom is 0.232 e. The summed E-state index contributed by atoms with van der Waals surface area (Å²) in [6, 6.07) is 5.90. The number of aryl methyl sites for hydroxylation is 1. The van der Waals surface area contributed by atoms with Gasteiger partial charge in [-0.15, -0.1) is 0 Å². The molecule has 1 saturated heterocycles.